The van der Waals surface area contributed by atoms with Gasteiger partial charge in [0.2, 0.25) is 0 Å². The molecule has 3 aliphatic heterocycles. The zero-order valence-electron chi connectivity index (χ0n) is 19.0. The molecule has 0 saturated carbocycles. The number of carbonyl (C=O) groups is 1. The number of carboxylic acid groups (broad SMARTS) is 1. The molecule has 1 aromatic heterocycles. The van der Waals surface area contributed by atoms with Crippen molar-refractivity contribution >= 4 is 22.1 Å². The zero-order valence-corrected chi connectivity index (χ0v) is 19.8. The Hall–Kier alpha value is -1.67. The minimum Gasteiger partial charge on any atom is -0.483 e. The fourth-order valence-corrected chi connectivity index (χ4v) is 6.34. The van der Waals surface area contributed by atoms with E-state index >= 15 is 0 Å². The smallest absolute Gasteiger partial charge is 0.290 e. The summed E-state index contributed by atoms with van der Waals surface area (Å²) in [4.78, 5) is 18.5. The Labute approximate surface area is 186 Å². The monoisotopic (exact) mass is 451 g/mol. The van der Waals surface area contributed by atoms with Crippen molar-refractivity contribution in [3.8, 4) is 0 Å². The summed E-state index contributed by atoms with van der Waals surface area (Å²) in [6.07, 6.45) is 10.8. The van der Waals surface area contributed by atoms with Crippen LogP contribution in [-0.4, -0.2) is 67.9 Å². The van der Waals surface area contributed by atoms with Crippen molar-refractivity contribution in [2.45, 2.75) is 69.4 Å². The van der Waals surface area contributed by atoms with Crippen LogP contribution in [0.15, 0.2) is 23.2 Å². The Kier molecular flexibility index (Phi) is 7.97. The highest BCUT2D eigenvalue weighted by Crippen LogP contribution is 2.43. The van der Waals surface area contributed by atoms with Gasteiger partial charge in [-0.1, -0.05) is 20.3 Å². The minimum absolute atomic E-state index is 0.250. The van der Waals surface area contributed by atoms with Gasteiger partial charge in [0, 0.05) is 37.6 Å². The number of aromatic nitrogens is 1. The van der Waals surface area contributed by atoms with E-state index in [2.05, 4.69) is 28.6 Å². The highest BCUT2D eigenvalue weighted by Gasteiger charge is 2.47. The van der Waals surface area contributed by atoms with Crippen LogP contribution in [0.3, 0.4) is 0 Å². The van der Waals surface area contributed by atoms with Crippen molar-refractivity contribution in [2.75, 3.05) is 30.8 Å². The topological polar surface area (TPSA) is 90.8 Å². The molecular weight excluding hydrogens is 414 g/mol. The van der Waals surface area contributed by atoms with Crippen LogP contribution in [0.5, 0.6) is 0 Å². The molecule has 3 fully saturated rings. The number of sulfone groups is 1. The maximum atomic E-state index is 11.7. The molecule has 8 heteroatoms. The summed E-state index contributed by atoms with van der Waals surface area (Å²) >= 11 is 0. The molecule has 0 spiro atoms. The lowest BCUT2D eigenvalue weighted by atomic mass is 9.71. The highest BCUT2D eigenvalue weighted by molar-refractivity contribution is 7.90. The molecule has 1 N–H and O–H groups in total. The van der Waals surface area contributed by atoms with Gasteiger partial charge in [-0.05, 0) is 68.5 Å². The Morgan fingerprint density at radius 3 is 2.55 bits per heavy atom. The quantitative estimate of drug-likeness (QED) is 0.687. The van der Waals surface area contributed by atoms with E-state index in [1.54, 1.807) is 6.07 Å². The number of piperidine rings is 3. The molecule has 174 valence electrons. The third-order valence-corrected chi connectivity index (χ3v) is 8.23. The summed E-state index contributed by atoms with van der Waals surface area (Å²) in [7, 11) is -3.19. The molecular formula is C23H37N3O4S. The lowest BCUT2D eigenvalue weighted by molar-refractivity contribution is -0.122. The fraction of sp³-hybridized carbons (Fsp3) is 0.739. The Morgan fingerprint density at radius 2 is 1.94 bits per heavy atom. The number of hydrogen-bond donors (Lipinski definition) is 1. The summed E-state index contributed by atoms with van der Waals surface area (Å²) in [6.45, 7) is 7.80. The van der Waals surface area contributed by atoms with Crippen molar-refractivity contribution < 1.29 is 18.3 Å². The third-order valence-electron chi connectivity index (χ3n) is 7.13. The average Bonchev–Trinajstić information content (AvgIpc) is 2.73. The SMILES string of the molecule is CC(C)CC[C@H]1[C@H]2C[C@H](CN(c3ccc(S(C)(=O)=O)cn3)C2)[C@@H]2CCCCN21.O=CO. The van der Waals surface area contributed by atoms with Gasteiger partial charge in [-0.2, -0.15) is 0 Å². The van der Waals surface area contributed by atoms with E-state index in [0.29, 0.717) is 22.8 Å². The van der Waals surface area contributed by atoms with Crippen molar-refractivity contribution in [2.24, 2.45) is 17.8 Å². The van der Waals surface area contributed by atoms with Crippen molar-refractivity contribution in [1.82, 2.24) is 9.88 Å². The third kappa shape index (κ3) is 5.77. The van der Waals surface area contributed by atoms with Crippen molar-refractivity contribution in [3.63, 3.8) is 0 Å². The number of nitrogens with zero attached hydrogens (tertiary/aromatic N) is 3. The van der Waals surface area contributed by atoms with E-state index in [4.69, 9.17) is 9.90 Å². The Balaban J connectivity index is 0.000000858. The molecule has 0 radical (unpaired) electrons. The Morgan fingerprint density at radius 1 is 1.23 bits per heavy atom. The van der Waals surface area contributed by atoms with Crippen LogP contribution < -0.4 is 4.90 Å². The molecule has 4 heterocycles. The van der Waals surface area contributed by atoms with E-state index in [1.165, 1.54) is 57.5 Å². The molecule has 2 bridgehead atoms. The summed E-state index contributed by atoms with van der Waals surface area (Å²) in [5.74, 6) is 3.11. The van der Waals surface area contributed by atoms with Gasteiger partial charge in [0.15, 0.2) is 9.84 Å². The van der Waals surface area contributed by atoms with Crippen LogP contribution in [-0.2, 0) is 14.6 Å². The van der Waals surface area contributed by atoms with Gasteiger partial charge < -0.3 is 10.0 Å². The molecule has 3 saturated heterocycles. The van der Waals surface area contributed by atoms with Gasteiger partial charge in [0.05, 0.1) is 4.90 Å². The second kappa shape index (κ2) is 10.3. The van der Waals surface area contributed by atoms with Gasteiger partial charge in [-0.15, -0.1) is 0 Å². The van der Waals surface area contributed by atoms with Gasteiger partial charge in [0.25, 0.3) is 6.47 Å². The van der Waals surface area contributed by atoms with Gasteiger partial charge in [-0.25, -0.2) is 13.4 Å². The summed E-state index contributed by atoms with van der Waals surface area (Å²) in [5, 5.41) is 6.89. The number of anilines is 1. The standard InChI is InChI=1S/C22H35N3O2S.CH2O2/c1-16(2)7-9-21-18-12-17(20-6-4-5-11-25(20)21)14-24(15-18)22-10-8-19(13-23-22)28(3,26)27;2-1-3/h8,10,13,16-18,20-21H,4-7,9,11-12,14-15H2,1-3H3;1H,(H,2,3)/t17-,18+,20+,21+;/m1./s1. The van der Waals surface area contributed by atoms with Crippen molar-refractivity contribution in [3.05, 3.63) is 18.3 Å². The van der Waals surface area contributed by atoms with Gasteiger partial charge >= 0.3 is 0 Å². The molecule has 31 heavy (non-hydrogen) atoms. The van der Waals surface area contributed by atoms with Crippen LogP contribution in [0.4, 0.5) is 5.82 Å². The van der Waals surface area contributed by atoms with Gasteiger partial charge in [-0.3, -0.25) is 9.69 Å². The molecule has 1 aromatic rings. The molecule has 0 aromatic carbocycles. The average molecular weight is 452 g/mol. The van der Waals surface area contributed by atoms with E-state index in [9.17, 15) is 8.42 Å². The first-order chi connectivity index (χ1) is 14.7. The zero-order chi connectivity index (χ0) is 22.6. The Bertz CT molecular complexity index is 828. The molecule has 3 aliphatic rings. The molecule has 0 amide bonds. The highest BCUT2D eigenvalue weighted by atomic mass is 32.2. The maximum absolute atomic E-state index is 11.7. The lowest BCUT2D eigenvalue weighted by Gasteiger charge is -2.57. The largest absolute Gasteiger partial charge is 0.483 e. The predicted molar refractivity (Wildman–Crippen MR) is 122 cm³/mol. The van der Waals surface area contributed by atoms with Crippen molar-refractivity contribution in [1.29, 1.82) is 0 Å². The van der Waals surface area contributed by atoms with Crippen LogP contribution in [0.1, 0.15) is 52.4 Å². The van der Waals surface area contributed by atoms with Crippen LogP contribution in [0, 0.1) is 17.8 Å². The maximum Gasteiger partial charge on any atom is 0.290 e. The minimum atomic E-state index is -3.19. The number of fused-ring (bicyclic) bond motifs is 4. The first-order valence-electron chi connectivity index (χ1n) is 11.5. The molecule has 0 unspecified atom stereocenters. The molecule has 0 aliphatic carbocycles. The molecule has 7 nitrogen and oxygen atoms in total. The fourth-order valence-electron chi connectivity index (χ4n) is 5.78. The first-order valence-corrected chi connectivity index (χ1v) is 13.4. The van der Waals surface area contributed by atoms with E-state index in [-0.39, 0.29) is 6.47 Å². The van der Waals surface area contributed by atoms with Gasteiger partial charge in [0.1, 0.15) is 5.82 Å². The van der Waals surface area contributed by atoms with E-state index < -0.39 is 9.84 Å². The molecule has 4 rings (SSSR count). The van der Waals surface area contributed by atoms with E-state index in [1.807, 2.05) is 6.07 Å². The predicted octanol–water partition coefficient (Wildman–Crippen LogP) is 3.30. The normalized spacial score (nSPS) is 28.5. The number of rotatable bonds is 5. The summed E-state index contributed by atoms with van der Waals surface area (Å²) in [6, 6.07) is 5.03. The van der Waals surface area contributed by atoms with E-state index in [0.717, 1.165) is 30.9 Å². The number of pyridine rings is 1. The molecule has 4 atom stereocenters. The lowest BCUT2D eigenvalue weighted by Crippen LogP contribution is -2.63. The second-order valence-electron chi connectivity index (χ2n) is 9.73. The number of hydrogen-bond acceptors (Lipinski definition) is 6. The first kappa shape index (κ1) is 24.0. The van der Waals surface area contributed by atoms with Crippen LogP contribution in [0.25, 0.3) is 0 Å². The summed E-state index contributed by atoms with van der Waals surface area (Å²) < 4.78 is 23.5. The van der Waals surface area contributed by atoms with Crippen LogP contribution >= 0.6 is 0 Å². The second-order valence-corrected chi connectivity index (χ2v) is 11.7. The van der Waals surface area contributed by atoms with Crippen LogP contribution in [0.2, 0.25) is 0 Å². The summed E-state index contributed by atoms with van der Waals surface area (Å²) in [5.41, 5.74) is 0.